The number of carbonyl (C=O) groups is 1. The van der Waals surface area contributed by atoms with Crippen LogP contribution in [0.25, 0.3) is 0 Å². The molecule has 51 heavy (non-hydrogen) atoms. The molecular weight excluding hydrogens is 640 g/mol. The van der Waals surface area contributed by atoms with E-state index in [0.717, 1.165) is 79.9 Å². The first kappa shape index (κ1) is 35.1. The van der Waals surface area contributed by atoms with E-state index in [1.165, 1.54) is 17.5 Å². The van der Waals surface area contributed by atoms with Gasteiger partial charge in [0, 0.05) is 36.7 Å². The Labute approximate surface area is 302 Å². The number of fused-ring (bicyclic) bond motifs is 3. The number of anilines is 1. The second-order valence-electron chi connectivity index (χ2n) is 15.9. The molecule has 0 N–H and O–H groups in total. The molecular formula is C41H52N6O4. The Kier molecular flexibility index (Phi) is 10.1. The van der Waals surface area contributed by atoms with Crippen molar-refractivity contribution in [3.63, 3.8) is 0 Å². The van der Waals surface area contributed by atoms with Crippen molar-refractivity contribution in [2.45, 2.75) is 108 Å². The van der Waals surface area contributed by atoms with Gasteiger partial charge in [0.2, 0.25) is 0 Å². The van der Waals surface area contributed by atoms with Gasteiger partial charge in [-0.1, -0.05) is 36.4 Å². The summed E-state index contributed by atoms with van der Waals surface area (Å²) >= 11 is 0. The summed E-state index contributed by atoms with van der Waals surface area (Å²) in [5.41, 5.74) is 5.51. The minimum Gasteiger partial charge on any atom is -0.489 e. The van der Waals surface area contributed by atoms with E-state index < -0.39 is 5.60 Å². The highest BCUT2D eigenvalue weighted by atomic mass is 16.6. The van der Waals surface area contributed by atoms with Crippen molar-refractivity contribution in [1.82, 2.24) is 19.8 Å². The molecule has 10 heteroatoms. The summed E-state index contributed by atoms with van der Waals surface area (Å²) in [5.74, 6) is 1.79. The molecule has 1 unspecified atom stereocenters. The van der Waals surface area contributed by atoms with Crippen molar-refractivity contribution in [2.24, 2.45) is 0 Å². The first-order chi connectivity index (χ1) is 24.6. The van der Waals surface area contributed by atoms with Gasteiger partial charge in [-0.15, -0.1) is 0 Å². The van der Waals surface area contributed by atoms with Crippen LogP contribution in [0.4, 0.5) is 10.6 Å². The van der Waals surface area contributed by atoms with Gasteiger partial charge in [0.15, 0.2) is 0 Å². The van der Waals surface area contributed by atoms with Crippen LogP contribution in [0.2, 0.25) is 0 Å². The third kappa shape index (κ3) is 7.79. The Morgan fingerprint density at radius 1 is 1.00 bits per heavy atom. The standard InChI is InChI=1S/C41H52N6O4/c1-40(2,3)51-39(48)47-23-22-46(26-31(47)17-20-42)37-34-16-19-41(25-36(34)43-38(44-37)50-28-32-13-9-21-45(32)4)18-8-12-30-14-15-33(24-35(30)41)49-27-29-10-6-5-7-11-29/h5-7,10-11,14-15,24,31-32H,8-9,12-13,16-19,21-23,25-28H2,1-4H3/t31-,32-,41?/m0/s1. The Morgan fingerprint density at radius 3 is 2.61 bits per heavy atom. The number of piperazine rings is 1. The molecule has 0 saturated carbocycles. The molecule has 2 aliphatic heterocycles. The van der Waals surface area contributed by atoms with Gasteiger partial charge in [-0.25, -0.2) is 4.79 Å². The van der Waals surface area contributed by atoms with Crippen molar-refractivity contribution in [1.29, 1.82) is 5.26 Å². The fourth-order valence-corrected chi connectivity index (χ4v) is 8.54. The summed E-state index contributed by atoms with van der Waals surface area (Å²) < 4.78 is 18.5. The minimum atomic E-state index is -0.612. The first-order valence-electron chi connectivity index (χ1n) is 18.8. The Balaban J connectivity index is 1.19. The average molecular weight is 693 g/mol. The topological polar surface area (TPSA) is 104 Å². The third-order valence-electron chi connectivity index (χ3n) is 11.2. The molecule has 2 saturated heterocycles. The normalized spacial score (nSPS) is 23.4. The molecule has 4 aliphatic rings. The molecule has 10 nitrogen and oxygen atoms in total. The molecule has 7 rings (SSSR count). The van der Waals surface area contributed by atoms with Crippen LogP contribution >= 0.6 is 0 Å². The van der Waals surface area contributed by atoms with Crippen LogP contribution in [0.1, 0.15) is 87.2 Å². The molecule has 1 amide bonds. The Morgan fingerprint density at radius 2 is 1.84 bits per heavy atom. The van der Waals surface area contributed by atoms with Gasteiger partial charge >= 0.3 is 12.1 Å². The smallest absolute Gasteiger partial charge is 0.410 e. The molecule has 3 aromatic rings. The lowest BCUT2D eigenvalue weighted by molar-refractivity contribution is 0.0144. The molecule has 2 fully saturated rings. The van der Waals surface area contributed by atoms with Gasteiger partial charge in [0.25, 0.3) is 0 Å². The van der Waals surface area contributed by atoms with Crippen molar-refractivity contribution >= 4 is 11.9 Å². The van der Waals surface area contributed by atoms with Crippen molar-refractivity contribution < 1.29 is 19.0 Å². The summed E-state index contributed by atoms with van der Waals surface area (Å²) in [4.78, 5) is 29.8. The van der Waals surface area contributed by atoms with Crippen LogP contribution in [0.5, 0.6) is 11.8 Å². The number of amides is 1. The molecule has 1 aromatic heterocycles. The number of aromatic nitrogens is 2. The Bertz CT molecular complexity index is 1750. The van der Waals surface area contributed by atoms with Gasteiger partial charge in [-0.2, -0.15) is 15.2 Å². The highest BCUT2D eigenvalue weighted by Crippen LogP contribution is 2.48. The highest BCUT2D eigenvalue weighted by molar-refractivity contribution is 5.69. The second kappa shape index (κ2) is 14.7. The van der Waals surface area contributed by atoms with E-state index in [0.29, 0.717) is 44.9 Å². The molecule has 0 radical (unpaired) electrons. The molecule has 2 aliphatic carbocycles. The minimum absolute atomic E-state index is 0.0416. The van der Waals surface area contributed by atoms with E-state index in [-0.39, 0.29) is 24.0 Å². The number of benzene rings is 2. The lowest BCUT2D eigenvalue weighted by Crippen LogP contribution is -2.56. The molecule has 3 heterocycles. The summed E-state index contributed by atoms with van der Waals surface area (Å²) in [5, 5.41) is 9.77. The van der Waals surface area contributed by atoms with Crippen LogP contribution < -0.4 is 14.4 Å². The summed E-state index contributed by atoms with van der Waals surface area (Å²) in [7, 11) is 2.15. The third-order valence-corrected chi connectivity index (χ3v) is 11.2. The largest absolute Gasteiger partial charge is 0.489 e. The van der Waals surface area contributed by atoms with E-state index in [2.05, 4.69) is 53.2 Å². The van der Waals surface area contributed by atoms with Crippen LogP contribution in [0, 0.1) is 11.3 Å². The van der Waals surface area contributed by atoms with Gasteiger partial charge < -0.3 is 28.9 Å². The van der Waals surface area contributed by atoms with Crippen LogP contribution in [0.3, 0.4) is 0 Å². The summed E-state index contributed by atoms with van der Waals surface area (Å²) in [6, 6.07) is 19.8. The second-order valence-corrected chi connectivity index (χ2v) is 15.9. The monoisotopic (exact) mass is 692 g/mol. The predicted octanol–water partition coefficient (Wildman–Crippen LogP) is 6.63. The summed E-state index contributed by atoms with van der Waals surface area (Å²) in [6.07, 6.45) is 8.09. The van der Waals surface area contributed by atoms with Gasteiger partial charge in [-0.3, -0.25) is 0 Å². The molecule has 1 spiro atoms. The predicted molar refractivity (Wildman–Crippen MR) is 196 cm³/mol. The maximum absolute atomic E-state index is 13.2. The average Bonchev–Trinajstić information content (AvgIpc) is 3.53. The van der Waals surface area contributed by atoms with Crippen LogP contribution in [0.15, 0.2) is 48.5 Å². The molecule has 2 aromatic carbocycles. The lowest BCUT2D eigenvalue weighted by Gasteiger charge is -2.45. The van der Waals surface area contributed by atoms with Crippen molar-refractivity contribution in [2.75, 3.05) is 44.7 Å². The van der Waals surface area contributed by atoms with E-state index in [4.69, 9.17) is 24.2 Å². The summed E-state index contributed by atoms with van der Waals surface area (Å²) in [6.45, 7) is 9.31. The highest BCUT2D eigenvalue weighted by Gasteiger charge is 2.43. The van der Waals surface area contributed by atoms with Crippen molar-refractivity contribution in [3.05, 3.63) is 76.5 Å². The number of ether oxygens (including phenoxy) is 3. The number of hydrogen-bond acceptors (Lipinski definition) is 9. The zero-order valence-corrected chi connectivity index (χ0v) is 30.7. The zero-order valence-electron chi connectivity index (χ0n) is 30.7. The van der Waals surface area contributed by atoms with E-state index in [9.17, 15) is 10.1 Å². The van der Waals surface area contributed by atoms with E-state index >= 15 is 0 Å². The molecule has 270 valence electrons. The fourth-order valence-electron chi connectivity index (χ4n) is 8.54. The fraction of sp³-hybridized carbons (Fsp3) is 0.561. The number of likely N-dealkylation sites (tertiary alicyclic amines) is 1. The first-order valence-corrected chi connectivity index (χ1v) is 18.8. The van der Waals surface area contributed by atoms with Crippen LogP contribution in [-0.4, -0.2) is 83.4 Å². The Hall–Kier alpha value is -4.36. The number of nitriles is 1. The molecule has 3 atom stereocenters. The number of rotatable bonds is 8. The number of carbonyl (C=O) groups excluding carboxylic acids is 1. The SMILES string of the molecule is CN1CCC[C@H]1COc1nc2c(c(N3CCN(C(=O)OC(C)(C)C)[C@@H](CC#N)C3)n1)CCC1(CCCc3ccc(OCc4ccccc4)cc31)C2. The van der Waals surface area contributed by atoms with Gasteiger partial charge in [0.1, 0.15) is 30.4 Å². The van der Waals surface area contributed by atoms with E-state index in [1.807, 2.05) is 39.0 Å². The molecule has 0 bridgehead atoms. The maximum Gasteiger partial charge on any atom is 0.410 e. The maximum atomic E-state index is 13.2. The van der Waals surface area contributed by atoms with Crippen LogP contribution in [-0.2, 0) is 36.0 Å². The number of nitrogens with zero attached hydrogens (tertiary/aromatic N) is 6. The van der Waals surface area contributed by atoms with Gasteiger partial charge in [0.05, 0.1) is 24.2 Å². The van der Waals surface area contributed by atoms with Gasteiger partial charge in [-0.05, 0) is 115 Å². The number of aryl methyl sites for hydroxylation is 1. The number of likely N-dealkylation sites (N-methyl/N-ethyl adjacent to an activating group) is 1. The lowest BCUT2D eigenvalue weighted by atomic mass is 9.62. The quantitative estimate of drug-likeness (QED) is 0.257. The van der Waals surface area contributed by atoms with Crippen molar-refractivity contribution in [3.8, 4) is 17.8 Å². The van der Waals surface area contributed by atoms with E-state index in [1.54, 1.807) is 4.90 Å². The number of hydrogen-bond donors (Lipinski definition) is 0. The zero-order chi connectivity index (χ0) is 35.6.